The SMILES string of the molecule is O=C(c1cc(F)ccc1Br)N(Cc1ccccc1)CC1CCCO1. The van der Waals surface area contributed by atoms with E-state index < -0.39 is 5.82 Å². The Labute approximate surface area is 149 Å². The molecular weight excluding hydrogens is 373 g/mol. The Bertz CT molecular complexity index is 702. The average Bonchev–Trinajstić information content (AvgIpc) is 3.10. The molecule has 0 aromatic heterocycles. The van der Waals surface area contributed by atoms with Crippen LogP contribution in [0.25, 0.3) is 0 Å². The van der Waals surface area contributed by atoms with E-state index in [0.717, 1.165) is 25.0 Å². The molecule has 3 nitrogen and oxygen atoms in total. The van der Waals surface area contributed by atoms with Crippen molar-refractivity contribution in [2.75, 3.05) is 13.2 Å². The summed E-state index contributed by atoms with van der Waals surface area (Å²) in [5, 5.41) is 0. The zero-order chi connectivity index (χ0) is 16.9. The van der Waals surface area contributed by atoms with Gasteiger partial charge in [-0.1, -0.05) is 30.3 Å². The molecule has 1 amide bonds. The predicted octanol–water partition coefficient (Wildman–Crippen LogP) is 4.41. The van der Waals surface area contributed by atoms with Crippen LogP contribution in [0.15, 0.2) is 53.0 Å². The number of nitrogens with zero attached hydrogens (tertiary/aromatic N) is 1. The van der Waals surface area contributed by atoms with Gasteiger partial charge < -0.3 is 9.64 Å². The van der Waals surface area contributed by atoms with Crippen LogP contribution in [0.1, 0.15) is 28.8 Å². The summed E-state index contributed by atoms with van der Waals surface area (Å²) in [6.07, 6.45) is 2.01. The molecule has 0 saturated carbocycles. The van der Waals surface area contributed by atoms with Crippen LogP contribution >= 0.6 is 15.9 Å². The minimum absolute atomic E-state index is 0.0463. The number of carbonyl (C=O) groups is 1. The van der Waals surface area contributed by atoms with Crippen LogP contribution in [-0.4, -0.2) is 30.1 Å². The maximum Gasteiger partial charge on any atom is 0.255 e. The van der Waals surface area contributed by atoms with Crippen molar-refractivity contribution in [3.8, 4) is 0 Å². The highest BCUT2D eigenvalue weighted by atomic mass is 79.9. The predicted molar refractivity (Wildman–Crippen MR) is 94.3 cm³/mol. The van der Waals surface area contributed by atoms with E-state index in [0.29, 0.717) is 23.1 Å². The molecule has 1 heterocycles. The van der Waals surface area contributed by atoms with E-state index in [1.54, 1.807) is 11.0 Å². The molecule has 2 aromatic carbocycles. The van der Waals surface area contributed by atoms with Crippen LogP contribution in [0.4, 0.5) is 4.39 Å². The van der Waals surface area contributed by atoms with Crippen LogP contribution in [0.5, 0.6) is 0 Å². The minimum atomic E-state index is -0.418. The summed E-state index contributed by atoms with van der Waals surface area (Å²) in [6, 6.07) is 14.0. The molecule has 126 valence electrons. The van der Waals surface area contributed by atoms with Gasteiger partial charge >= 0.3 is 0 Å². The Morgan fingerprint density at radius 2 is 2.04 bits per heavy atom. The lowest BCUT2D eigenvalue weighted by molar-refractivity contribution is 0.0506. The molecular formula is C19H19BrFNO2. The number of hydrogen-bond donors (Lipinski definition) is 0. The first-order valence-corrected chi connectivity index (χ1v) is 8.82. The van der Waals surface area contributed by atoms with Gasteiger partial charge in [0.2, 0.25) is 0 Å². The quantitative estimate of drug-likeness (QED) is 0.755. The molecule has 3 rings (SSSR count). The number of rotatable bonds is 5. The fourth-order valence-corrected chi connectivity index (χ4v) is 3.31. The van der Waals surface area contributed by atoms with Gasteiger partial charge in [-0.25, -0.2) is 4.39 Å². The lowest BCUT2D eigenvalue weighted by atomic mass is 10.1. The Kier molecular flexibility index (Phi) is 5.63. The van der Waals surface area contributed by atoms with E-state index in [1.165, 1.54) is 12.1 Å². The maximum absolute atomic E-state index is 13.6. The highest BCUT2D eigenvalue weighted by Gasteiger charge is 2.25. The van der Waals surface area contributed by atoms with Crippen LogP contribution in [0.2, 0.25) is 0 Å². The highest BCUT2D eigenvalue weighted by molar-refractivity contribution is 9.10. The van der Waals surface area contributed by atoms with E-state index in [9.17, 15) is 9.18 Å². The van der Waals surface area contributed by atoms with Crippen molar-refractivity contribution in [1.29, 1.82) is 0 Å². The van der Waals surface area contributed by atoms with E-state index in [4.69, 9.17) is 4.74 Å². The van der Waals surface area contributed by atoms with Gasteiger partial charge in [-0.15, -0.1) is 0 Å². The van der Waals surface area contributed by atoms with Crippen molar-refractivity contribution in [3.63, 3.8) is 0 Å². The smallest absolute Gasteiger partial charge is 0.255 e. The fourth-order valence-electron chi connectivity index (χ4n) is 2.89. The second-order valence-corrected chi connectivity index (χ2v) is 6.78. The Morgan fingerprint density at radius 1 is 1.25 bits per heavy atom. The Morgan fingerprint density at radius 3 is 2.75 bits per heavy atom. The molecule has 1 aliphatic rings. The van der Waals surface area contributed by atoms with Crippen molar-refractivity contribution in [1.82, 2.24) is 4.90 Å². The van der Waals surface area contributed by atoms with Crippen molar-refractivity contribution >= 4 is 21.8 Å². The molecule has 0 aliphatic carbocycles. The number of amides is 1. The molecule has 1 saturated heterocycles. The first kappa shape index (κ1) is 17.1. The summed E-state index contributed by atoms with van der Waals surface area (Å²) in [5.74, 6) is -0.612. The second kappa shape index (κ2) is 7.90. The van der Waals surface area contributed by atoms with Crippen LogP contribution in [0, 0.1) is 5.82 Å². The van der Waals surface area contributed by atoms with Crippen molar-refractivity contribution in [2.24, 2.45) is 0 Å². The van der Waals surface area contributed by atoms with Crippen molar-refractivity contribution in [2.45, 2.75) is 25.5 Å². The van der Waals surface area contributed by atoms with Crippen molar-refractivity contribution in [3.05, 3.63) is 69.9 Å². The van der Waals surface area contributed by atoms with E-state index in [-0.39, 0.29) is 12.0 Å². The molecule has 1 unspecified atom stereocenters. The monoisotopic (exact) mass is 391 g/mol. The van der Waals surface area contributed by atoms with Crippen LogP contribution in [0.3, 0.4) is 0 Å². The standard InChI is InChI=1S/C19H19BrFNO2/c20-18-9-8-15(21)11-17(18)19(23)22(13-16-7-4-10-24-16)12-14-5-2-1-3-6-14/h1-3,5-6,8-9,11,16H,4,7,10,12-13H2. The lowest BCUT2D eigenvalue weighted by Gasteiger charge is -2.26. The van der Waals surface area contributed by atoms with Gasteiger partial charge in [-0.05, 0) is 52.5 Å². The van der Waals surface area contributed by atoms with Gasteiger partial charge in [0.25, 0.3) is 5.91 Å². The Balaban J connectivity index is 1.84. The van der Waals surface area contributed by atoms with Gasteiger partial charge in [-0.3, -0.25) is 4.79 Å². The first-order chi connectivity index (χ1) is 11.6. The summed E-state index contributed by atoms with van der Waals surface area (Å²) >= 11 is 3.35. The molecule has 2 aromatic rings. The Hall–Kier alpha value is -1.72. The number of benzene rings is 2. The summed E-state index contributed by atoms with van der Waals surface area (Å²) < 4.78 is 19.9. The minimum Gasteiger partial charge on any atom is -0.376 e. The van der Waals surface area contributed by atoms with Gasteiger partial charge in [0.1, 0.15) is 5.82 Å². The molecule has 1 aliphatic heterocycles. The third kappa shape index (κ3) is 4.22. The first-order valence-electron chi connectivity index (χ1n) is 8.03. The van der Waals surface area contributed by atoms with Gasteiger partial charge in [0.15, 0.2) is 0 Å². The molecule has 0 radical (unpaired) electrons. The van der Waals surface area contributed by atoms with Gasteiger partial charge in [0, 0.05) is 24.2 Å². The molecule has 5 heteroatoms. The number of hydrogen-bond acceptors (Lipinski definition) is 2. The summed E-state index contributed by atoms with van der Waals surface area (Å²) in [7, 11) is 0. The van der Waals surface area contributed by atoms with Gasteiger partial charge in [0.05, 0.1) is 11.7 Å². The fraction of sp³-hybridized carbons (Fsp3) is 0.316. The molecule has 1 fully saturated rings. The lowest BCUT2D eigenvalue weighted by Crippen LogP contribution is -2.37. The number of halogens is 2. The second-order valence-electron chi connectivity index (χ2n) is 5.93. The molecule has 0 N–H and O–H groups in total. The van der Waals surface area contributed by atoms with Crippen LogP contribution < -0.4 is 0 Å². The molecule has 0 bridgehead atoms. The van der Waals surface area contributed by atoms with E-state index in [2.05, 4.69) is 15.9 Å². The zero-order valence-corrected chi connectivity index (χ0v) is 14.8. The highest BCUT2D eigenvalue weighted by Crippen LogP contribution is 2.22. The number of ether oxygens (including phenoxy) is 1. The number of carbonyl (C=O) groups excluding carboxylic acids is 1. The summed E-state index contributed by atoms with van der Waals surface area (Å²) in [5.41, 5.74) is 1.38. The maximum atomic E-state index is 13.6. The molecule has 1 atom stereocenters. The van der Waals surface area contributed by atoms with Crippen LogP contribution in [-0.2, 0) is 11.3 Å². The van der Waals surface area contributed by atoms with Crippen molar-refractivity contribution < 1.29 is 13.9 Å². The summed E-state index contributed by atoms with van der Waals surface area (Å²) in [4.78, 5) is 14.7. The molecule has 24 heavy (non-hydrogen) atoms. The normalized spacial score (nSPS) is 17.0. The topological polar surface area (TPSA) is 29.5 Å². The van der Waals surface area contributed by atoms with E-state index in [1.807, 2.05) is 30.3 Å². The molecule has 0 spiro atoms. The zero-order valence-electron chi connectivity index (χ0n) is 13.3. The van der Waals surface area contributed by atoms with Gasteiger partial charge in [-0.2, -0.15) is 0 Å². The third-order valence-corrected chi connectivity index (χ3v) is 4.80. The van der Waals surface area contributed by atoms with E-state index >= 15 is 0 Å². The summed E-state index contributed by atoms with van der Waals surface area (Å²) in [6.45, 7) is 1.72. The largest absolute Gasteiger partial charge is 0.376 e. The third-order valence-electron chi connectivity index (χ3n) is 4.11. The average molecular weight is 392 g/mol.